The summed E-state index contributed by atoms with van der Waals surface area (Å²) >= 11 is 1.53. The number of hydrogen-bond acceptors (Lipinski definition) is 5. The first kappa shape index (κ1) is 18.1. The molecule has 2 aromatic carbocycles. The Hall–Kier alpha value is -2.67. The molecule has 0 radical (unpaired) electrons. The Labute approximate surface area is 155 Å². The van der Waals surface area contributed by atoms with Crippen LogP contribution in [0.5, 0.6) is 0 Å². The molecule has 1 amide bonds. The van der Waals surface area contributed by atoms with Crippen LogP contribution in [0, 0.1) is 12.7 Å². The molecule has 1 N–H and O–H groups in total. The molecule has 26 heavy (non-hydrogen) atoms. The minimum Gasteiger partial charge on any atom is -0.338 e. The lowest BCUT2D eigenvalue weighted by Gasteiger charge is -2.04. The molecule has 0 unspecified atom stereocenters. The van der Waals surface area contributed by atoms with Crippen LogP contribution < -0.4 is 5.32 Å². The summed E-state index contributed by atoms with van der Waals surface area (Å²) in [5.41, 5.74) is 1.94. The van der Waals surface area contributed by atoms with Gasteiger partial charge in [-0.2, -0.15) is 16.7 Å². The monoisotopic (exact) mass is 371 g/mol. The van der Waals surface area contributed by atoms with Gasteiger partial charge < -0.3 is 9.84 Å². The molecular weight excluding hydrogens is 353 g/mol. The fourth-order valence-electron chi connectivity index (χ4n) is 2.23. The van der Waals surface area contributed by atoms with Crippen molar-refractivity contribution in [1.82, 2.24) is 10.1 Å². The van der Waals surface area contributed by atoms with Crippen LogP contribution in [0.2, 0.25) is 0 Å². The zero-order chi connectivity index (χ0) is 18.4. The summed E-state index contributed by atoms with van der Waals surface area (Å²) in [5.74, 6) is 1.61. The zero-order valence-electron chi connectivity index (χ0n) is 14.2. The maximum atomic E-state index is 13.6. The SMILES string of the molecule is Cc1ccc(-c2noc(CSCCC(=O)Nc3ccccc3)n2)cc1F. The van der Waals surface area contributed by atoms with E-state index < -0.39 is 0 Å². The molecule has 3 aromatic rings. The van der Waals surface area contributed by atoms with Crippen molar-refractivity contribution in [1.29, 1.82) is 0 Å². The van der Waals surface area contributed by atoms with E-state index in [0.29, 0.717) is 40.8 Å². The van der Waals surface area contributed by atoms with Gasteiger partial charge in [-0.1, -0.05) is 35.5 Å². The van der Waals surface area contributed by atoms with E-state index in [1.807, 2.05) is 30.3 Å². The average molecular weight is 371 g/mol. The van der Waals surface area contributed by atoms with Crippen molar-refractivity contribution < 1.29 is 13.7 Å². The van der Waals surface area contributed by atoms with Gasteiger partial charge in [0.25, 0.3) is 0 Å². The highest BCUT2D eigenvalue weighted by atomic mass is 32.2. The highest BCUT2D eigenvalue weighted by molar-refractivity contribution is 7.98. The number of rotatable bonds is 7. The molecule has 0 bridgehead atoms. The predicted molar refractivity (Wildman–Crippen MR) is 100 cm³/mol. The standard InChI is InChI=1S/C19H18FN3O2S/c1-13-7-8-14(11-16(13)20)19-22-18(25-23-19)12-26-10-9-17(24)21-15-5-3-2-4-6-15/h2-8,11H,9-10,12H2,1H3,(H,21,24). The molecule has 0 fully saturated rings. The maximum absolute atomic E-state index is 13.6. The van der Waals surface area contributed by atoms with Gasteiger partial charge in [-0.15, -0.1) is 0 Å². The molecular formula is C19H18FN3O2S. The van der Waals surface area contributed by atoms with Crippen LogP contribution in [-0.4, -0.2) is 21.8 Å². The molecule has 0 aliphatic carbocycles. The van der Waals surface area contributed by atoms with Crippen LogP contribution in [-0.2, 0) is 10.5 Å². The highest BCUT2D eigenvalue weighted by Gasteiger charge is 2.11. The lowest BCUT2D eigenvalue weighted by atomic mass is 10.1. The third-order valence-electron chi connectivity index (χ3n) is 3.65. The van der Waals surface area contributed by atoms with E-state index in [1.165, 1.54) is 17.8 Å². The Morgan fingerprint density at radius 1 is 1.23 bits per heavy atom. The van der Waals surface area contributed by atoms with Crippen LogP contribution in [0.3, 0.4) is 0 Å². The molecule has 0 saturated carbocycles. The summed E-state index contributed by atoms with van der Waals surface area (Å²) in [5, 5.41) is 6.72. The van der Waals surface area contributed by atoms with Crippen LogP contribution in [0.1, 0.15) is 17.9 Å². The summed E-state index contributed by atoms with van der Waals surface area (Å²) in [7, 11) is 0. The van der Waals surface area contributed by atoms with Gasteiger partial charge in [-0.3, -0.25) is 4.79 Å². The number of halogens is 1. The molecule has 134 valence electrons. The number of hydrogen-bond donors (Lipinski definition) is 1. The number of amides is 1. The van der Waals surface area contributed by atoms with Gasteiger partial charge >= 0.3 is 0 Å². The third-order valence-corrected chi connectivity index (χ3v) is 4.60. The van der Waals surface area contributed by atoms with E-state index in [2.05, 4.69) is 15.5 Å². The molecule has 1 aromatic heterocycles. The van der Waals surface area contributed by atoms with Crippen LogP contribution in [0.4, 0.5) is 10.1 Å². The van der Waals surface area contributed by atoms with Gasteiger partial charge in [0.2, 0.25) is 17.6 Å². The Balaban J connectivity index is 1.45. The molecule has 0 saturated heterocycles. The van der Waals surface area contributed by atoms with Crippen molar-refractivity contribution in [2.24, 2.45) is 0 Å². The second-order valence-corrected chi connectivity index (χ2v) is 6.80. The number of thioether (sulfide) groups is 1. The summed E-state index contributed by atoms with van der Waals surface area (Å²) in [6, 6.07) is 14.2. The average Bonchev–Trinajstić information content (AvgIpc) is 3.11. The minimum absolute atomic E-state index is 0.0370. The molecule has 5 nitrogen and oxygen atoms in total. The smallest absolute Gasteiger partial charge is 0.236 e. The number of anilines is 1. The number of carbonyl (C=O) groups excluding carboxylic acids is 1. The Morgan fingerprint density at radius 3 is 2.81 bits per heavy atom. The first-order valence-corrected chi connectivity index (χ1v) is 9.29. The zero-order valence-corrected chi connectivity index (χ0v) is 15.1. The van der Waals surface area contributed by atoms with Crippen LogP contribution in [0.25, 0.3) is 11.4 Å². The summed E-state index contributed by atoms with van der Waals surface area (Å²) in [6.07, 6.45) is 0.393. The molecule has 7 heteroatoms. The van der Waals surface area contributed by atoms with E-state index in [1.54, 1.807) is 19.1 Å². The van der Waals surface area contributed by atoms with Crippen molar-refractivity contribution in [3.05, 3.63) is 65.8 Å². The van der Waals surface area contributed by atoms with Crippen molar-refractivity contribution in [2.45, 2.75) is 19.1 Å². The fraction of sp³-hybridized carbons (Fsp3) is 0.211. The number of aromatic nitrogens is 2. The highest BCUT2D eigenvalue weighted by Crippen LogP contribution is 2.20. The molecule has 0 aliphatic rings. The predicted octanol–water partition coefficient (Wildman–Crippen LogP) is 4.45. The van der Waals surface area contributed by atoms with Crippen LogP contribution in [0.15, 0.2) is 53.1 Å². The van der Waals surface area contributed by atoms with Crippen molar-refractivity contribution in [3.8, 4) is 11.4 Å². The van der Waals surface area contributed by atoms with Gasteiger partial charge in [0, 0.05) is 23.4 Å². The molecule has 0 spiro atoms. The lowest BCUT2D eigenvalue weighted by molar-refractivity contribution is -0.115. The topological polar surface area (TPSA) is 68.0 Å². The third kappa shape index (κ3) is 4.92. The van der Waals surface area contributed by atoms with E-state index >= 15 is 0 Å². The van der Waals surface area contributed by atoms with E-state index in [9.17, 15) is 9.18 Å². The van der Waals surface area contributed by atoms with E-state index in [0.717, 1.165) is 5.69 Å². The van der Waals surface area contributed by atoms with Gasteiger partial charge in [0.05, 0.1) is 5.75 Å². The van der Waals surface area contributed by atoms with E-state index in [4.69, 9.17) is 4.52 Å². The first-order chi connectivity index (χ1) is 12.6. The van der Waals surface area contributed by atoms with E-state index in [-0.39, 0.29) is 11.7 Å². The number of para-hydroxylation sites is 1. The summed E-state index contributed by atoms with van der Waals surface area (Å²) in [6.45, 7) is 1.70. The normalized spacial score (nSPS) is 10.7. The maximum Gasteiger partial charge on any atom is 0.236 e. The van der Waals surface area contributed by atoms with Gasteiger partial charge in [0.1, 0.15) is 5.82 Å². The molecule has 0 atom stereocenters. The van der Waals surface area contributed by atoms with Crippen molar-refractivity contribution in [3.63, 3.8) is 0 Å². The number of nitrogens with zero attached hydrogens (tertiary/aromatic N) is 2. The molecule has 0 aliphatic heterocycles. The molecule has 3 rings (SSSR count). The Kier molecular flexibility index (Phi) is 6.01. The largest absolute Gasteiger partial charge is 0.338 e. The molecule has 1 heterocycles. The second kappa shape index (κ2) is 8.62. The second-order valence-electron chi connectivity index (χ2n) is 5.69. The van der Waals surface area contributed by atoms with Crippen molar-refractivity contribution in [2.75, 3.05) is 11.1 Å². The first-order valence-electron chi connectivity index (χ1n) is 8.13. The minimum atomic E-state index is -0.298. The Morgan fingerprint density at radius 2 is 2.04 bits per heavy atom. The number of nitrogens with one attached hydrogen (secondary N) is 1. The quantitative estimate of drug-likeness (QED) is 0.622. The van der Waals surface area contributed by atoms with Gasteiger partial charge in [-0.05, 0) is 30.7 Å². The number of benzene rings is 2. The Bertz CT molecular complexity index is 884. The fourth-order valence-corrected chi connectivity index (χ4v) is 3.00. The summed E-state index contributed by atoms with van der Waals surface area (Å²) < 4.78 is 18.8. The number of carbonyl (C=O) groups is 1. The van der Waals surface area contributed by atoms with Gasteiger partial charge in [0.15, 0.2) is 0 Å². The number of aryl methyl sites for hydroxylation is 1. The summed E-state index contributed by atoms with van der Waals surface area (Å²) in [4.78, 5) is 16.1. The van der Waals surface area contributed by atoms with Gasteiger partial charge in [-0.25, -0.2) is 4.39 Å². The van der Waals surface area contributed by atoms with Crippen molar-refractivity contribution >= 4 is 23.4 Å². The lowest BCUT2D eigenvalue weighted by Crippen LogP contribution is -2.12. The van der Waals surface area contributed by atoms with Crippen LogP contribution >= 0.6 is 11.8 Å².